The van der Waals surface area contributed by atoms with Crippen molar-refractivity contribution >= 4 is 48.8 Å². The number of rotatable bonds is 5. The lowest BCUT2D eigenvalue weighted by atomic mass is 9.81. The minimum absolute atomic E-state index is 0.0551. The zero-order chi connectivity index (χ0) is 30.5. The zero-order valence-electron chi connectivity index (χ0n) is 24.4. The Morgan fingerprint density at radius 2 is 1.67 bits per heavy atom. The van der Waals surface area contributed by atoms with Crippen molar-refractivity contribution in [2.24, 2.45) is 0 Å². The average Bonchev–Trinajstić information content (AvgIpc) is 3.19. The Kier molecular flexibility index (Phi) is 7.72. The summed E-state index contributed by atoms with van der Waals surface area (Å²) < 4.78 is 54.1. The molecule has 228 valence electrons. The fraction of sp³-hybridized carbons (Fsp3) is 0.419. The summed E-state index contributed by atoms with van der Waals surface area (Å²) in [6.07, 6.45) is 7.43. The molecule has 0 unspecified atom stereocenters. The second kappa shape index (κ2) is 11.2. The van der Waals surface area contributed by atoms with Crippen molar-refractivity contribution in [2.75, 3.05) is 38.7 Å². The molecule has 1 N–H and O–H groups in total. The molecule has 1 aromatic heterocycles. The van der Waals surface area contributed by atoms with Crippen LogP contribution in [-0.4, -0.2) is 81.1 Å². The molecule has 3 aromatic rings. The molecule has 43 heavy (non-hydrogen) atoms. The van der Waals surface area contributed by atoms with Crippen LogP contribution in [0.3, 0.4) is 0 Å². The normalized spacial score (nSPS) is 19.0. The molecule has 0 atom stereocenters. The van der Waals surface area contributed by atoms with Crippen LogP contribution in [0.2, 0.25) is 0 Å². The lowest BCUT2D eigenvalue weighted by Gasteiger charge is -2.28. The van der Waals surface area contributed by atoms with E-state index in [0.717, 1.165) is 57.7 Å². The van der Waals surface area contributed by atoms with Gasteiger partial charge in [0, 0.05) is 54.8 Å². The number of fused-ring (bicyclic) bond motifs is 5. The Bertz CT molecular complexity index is 1850. The first-order chi connectivity index (χ1) is 20.4. The summed E-state index contributed by atoms with van der Waals surface area (Å²) >= 11 is 0. The summed E-state index contributed by atoms with van der Waals surface area (Å²) in [5, 5.41) is 0.987. The molecule has 1 saturated carbocycles. The van der Waals surface area contributed by atoms with Crippen molar-refractivity contribution in [3.63, 3.8) is 0 Å². The number of sulfone groups is 1. The van der Waals surface area contributed by atoms with E-state index in [1.807, 2.05) is 30.3 Å². The van der Waals surface area contributed by atoms with Crippen LogP contribution in [-0.2, 0) is 31.4 Å². The fourth-order valence-electron chi connectivity index (χ4n) is 6.53. The van der Waals surface area contributed by atoms with Crippen molar-refractivity contribution in [1.82, 2.24) is 18.5 Å². The average molecular weight is 625 g/mol. The van der Waals surface area contributed by atoms with Gasteiger partial charge in [-0.25, -0.2) is 13.1 Å². The lowest BCUT2D eigenvalue weighted by molar-refractivity contribution is -0.126. The summed E-state index contributed by atoms with van der Waals surface area (Å²) in [7, 11) is -4.45. The third-order valence-corrected chi connectivity index (χ3v) is 11.9. The number of carbonyl (C=O) groups is 2. The van der Waals surface area contributed by atoms with Crippen molar-refractivity contribution in [2.45, 2.75) is 44.6 Å². The topological polar surface area (TPSA) is 126 Å². The molecule has 2 aliphatic heterocycles. The summed E-state index contributed by atoms with van der Waals surface area (Å²) in [5.41, 5.74) is 5.58. The van der Waals surface area contributed by atoms with E-state index in [0.29, 0.717) is 11.5 Å². The summed E-state index contributed by atoms with van der Waals surface area (Å²) in [4.78, 5) is 28.6. The van der Waals surface area contributed by atoms with Crippen LogP contribution >= 0.6 is 0 Å². The van der Waals surface area contributed by atoms with Gasteiger partial charge in [0.15, 0.2) is 9.84 Å². The number of nitrogens with zero attached hydrogens (tertiary/aromatic N) is 3. The van der Waals surface area contributed by atoms with Gasteiger partial charge in [0.2, 0.25) is 0 Å². The second-order valence-electron chi connectivity index (χ2n) is 11.8. The number of hydrogen-bond acceptors (Lipinski definition) is 6. The number of amides is 2. The van der Waals surface area contributed by atoms with Crippen molar-refractivity contribution in [3.05, 3.63) is 64.7 Å². The molecule has 2 aromatic carbocycles. The molecular weight excluding hydrogens is 588 g/mol. The molecular formula is C31H36N4O6S2. The molecule has 0 spiro atoms. The highest BCUT2D eigenvalue weighted by molar-refractivity contribution is 7.91. The van der Waals surface area contributed by atoms with Crippen LogP contribution in [0.5, 0.6) is 0 Å². The number of hydrogen-bond donors (Lipinski definition) is 1. The quantitative estimate of drug-likeness (QED) is 0.463. The molecule has 2 fully saturated rings. The number of aromatic nitrogens is 1. The smallest absolute Gasteiger partial charge is 0.303 e. The van der Waals surface area contributed by atoms with E-state index in [2.05, 4.69) is 15.4 Å². The van der Waals surface area contributed by atoms with Gasteiger partial charge in [-0.3, -0.25) is 9.59 Å². The van der Waals surface area contributed by atoms with E-state index in [1.165, 1.54) is 26.1 Å². The monoisotopic (exact) mass is 624 g/mol. The maximum atomic E-state index is 13.9. The minimum atomic E-state index is -3.99. The molecule has 0 radical (unpaired) electrons. The van der Waals surface area contributed by atoms with E-state index >= 15 is 0 Å². The van der Waals surface area contributed by atoms with Crippen LogP contribution in [0.4, 0.5) is 0 Å². The Balaban J connectivity index is 1.51. The van der Waals surface area contributed by atoms with Crippen molar-refractivity contribution < 1.29 is 26.4 Å². The van der Waals surface area contributed by atoms with Crippen LogP contribution in [0.15, 0.2) is 48.0 Å². The van der Waals surface area contributed by atoms with E-state index in [9.17, 15) is 26.4 Å². The van der Waals surface area contributed by atoms with E-state index in [4.69, 9.17) is 0 Å². The molecule has 6 rings (SSSR count). The zero-order valence-corrected chi connectivity index (χ0v) is 26.0. The first-order valence-electron chi connectivity index (χ1n) is 14.7. The summed E-state index contributed by atoms with van der Waals surface area (Å²) in [5.74, 6) is -0.745. The molecule has 3 aliphatic rings. The van der Waals surface area contributed by atoms with Gasteiger partial charge in [-0.05, 0) is 48.1 Å². The lowest BCUT2D eigenvalue weighted by Crippen LogP contribution is -2.44. The summed E-state index contributed by atoms with van der Waals surface area (Å²) in [6.45, 7) is 0.533. The highest BCUT2D eigenvalue weighted by Gasteiger charge is 2.33. The Morgan fingerprint density at radius 1 is 0.977 bits per heavy atom. The Hall–Kier alpha value is -3.48. The maximum Gasteiger partial charge on any atom is 0.303 e. The molecule has 0 bridgehead atoms. The second-order valence-corrected chi connectivity index (χ2v) is 16.0. The molecule has 1 saturated heterocycles. The standard InChI is InChI=1S/C31H36N4O6S2/c1-33(2)43(40,41)32-30(36)23-12-13-26-27(19-23)35-20-24(31(37)34-14-16-42(38,39)17-15-34)18-22-10-6-7-11-25(22)29(35)28(26)21-8-4-3-5-9-21/h6-7,10-13,18-19,21H,3-5,8-9,14-17,20H2,1-2H3,(H,32,36). The number of nitrogens with one attached hydrogen (secondary N) is 1. The van der Waals surface area contributed by atoms with Crippen LogP contribution < -0.4 is 4.72 Å². The van der Waals surface area contributed by atoms with Gasteiger partial charge in [-0.2, -0.15) is 12.7 Å². The van der Waals surface area contributed by atoms with Crippen molar-refractivity contribution in [3.8, 4) is 11.3 Å². The summed E-state index contributed by atoms with van der Waals surface area (Å²) in [6, 6.07) is 13.3. The Labute approximate surface area is 252 Å². The largest absolute Gasteiger partial charge is 0.337 e. The van der Waals surface area contributed by atoms with Gasteiger partial charge < -0.3 is 9.47 Å². The van der Waals surface area contributed by atoms with Gasteiger partial charge in [0.25, 0.3) is 11.8 Å². The van der Waals surface area contributed by atoms with Gasteiger partial charge in [-0.1, -0.05) is 49.6 Å². The molecule has 12 heteroatoms. The fourth-order valence-corrected chi connectivity index (χ4v) is 8.27. The first kappa shape index (κ1) is 29.6. The van der Waals surface area contributed by atoms with Gasteiger partial charge in [0.1, 0.15) is 0 Å². The van der Waals surface area contributed by atoms with Gasteiger partial charge in [-0.15, -0.1) is 0 Å². The highest BCUT2D eigenvalue weighted by atomic mass is 32.2. The third kappa shape index (κ3) is 5.63. The highest BCUT2D eigenvalue weighted by Crippen LogP contribution is 2.46. The van der Waals surface area contributed by atoms with Gasteiger partial charge >= 0.3 is 10.2 Å². The molecule has 1 aliphatic carbocycles. The van der Waals surface area contributed by atoms with Gasteiger partial charge in [0.05, 0.1) is 23.7 Å². The molecule has 2 amide bonds. The number of carbonyl (C=O) groups excluding carboxylic acids is 2. The van der Waals surface area contributed by atoms with Crippen LogP contribution in [0.1, 0.15) is 59.5 Å². The minimum Gasteiger partial charge on any atom is -0.337 e. The van der Waals surface area contributed by atoms with Crippen LogP contribution in [0, 0.1) is 0 Å². The first-order valence-corrected chi connectivity index (χ1v) is 17.9. The van der Waals surface area contributed by atoms with Crippen LogP contribution in [0.25, 0.3) is 28.2 Å². The Morgan fingerprint density at radius 3 is 2.37 bits per heavy atom. The van der Waals surface area contributed by atoms with E-state index in [1.54, 1.807) is 17.0 Å². The van der Waals surface area contributed by atoms with E-state index < -0.39 is 26.0 Å². The SMILES string of the molecule is CN(C)S(=O)(=O)NC(=O)c1ccc2c(C3CCCCC3)c3n(c2c1)CC(C(=O)N1CCS(=O)(=O)CC1)=Cc1ccccc1-3. The number of benzene rings is 2. The predicted molar refractivity (Wildman–Crippen MR) is 166 cm³/mol. The molecule has 3 heterocycles. The predicted octanol–water partition coefficient (Wildman–Crippen LogP) is 3.55. The third-order valence-electron chi connectivity index (χ3n) is 8.86. The molecule has 10 nitrogen and oxygen atoms in total. The van der Waals surface area contributed by atoms with Crippen molar-refractivity contribution in [1.29, 1.82) is 0 Å². The maximum absolute atomic E-state index is 13.9. The van der Waals surface area contributed by atoms with E-state index in [-0.39, 0.29) is 42.6 Å².